The quantitative estimate of drug-likeness (QED) is 0.0555. The highest BCUT2D eigenvalue weighted by Gasteiger charge is 2.64. The summed E-state index contributed by atoms with van der Waals surface area (Å²) in [5, 5.41) is 0. The lowest BCUT2D eigenvalue weighted by Gasteiger charge is -2.45. The summed E-state index contributed by atoms with van der Waals surface area (Å²) < 4.78 is 88.6. The van der Waals surface area contributed by atoms with Gasteiger partial charge in [0.05, 0.1) is 0 Å². The second-order valence-electron chi connectivity index (χ2n) is 33.3. The Morgan fingerprint density at radius 3 is 0.990 bits per heavy atom. The Balaban J connectivity index is 1.21. The molecule has 0 bridgehead atoms. The van der Waals surface area contributed by atoms with Crippen LogP contribution in [0.25, 0.3) is 0 Å². The first-order valence-corrected chi connectivity index (χ1v) is 46.6. The molecule has 24 nitrogen and oxygen atoms in total. The summed E-state index contributed by atoms with van der Waals surface area (Å²) in [6, 6.07) is 6.57. The molecule has 28 heteroatoms. The van der Waals surface area contributed by atoms with Crippen LogP contribution in [-0.2, 0) is 55.9 Å². The first-order chi connectivity index (χ1) is 47.9. The zero-order valence-corrected chi connectivity index (χ0v) is 70.0. The topological polar surface area (TPSA) is 275 Å². The Hall–Kier alpha value is -4.89. The number of hydrogen-bond donors (Lipinski definition) is 3. The van der Waals surface area contributed by atoms with Gasteiger partial charge in [-0.15, -0.1) is 5.54 Å². The van der Waals surface area contributed by atoms with Crippen LogP contribution in [0.15, 0.2) is 53.2 Å². The van der Waals surface area contributed by atoms with Crippen LogP contribution in [0.4, 0.5) is 0 Å². The Labute approximate surface area is 612 Å². The summed E-state index contributed by atoms with van der Waals surface area (Å²) in [7, 11) is -10.8. The number of ether oxygens (including phenoxy) is 9. The van der Waals surface area contributed by atoms with Crippen molar-refractivity contribution in [2.24, 2.45) is 0 Å². The van der Waals surface area contributed by atoms with Crippen LogP contribution in [0.1, 0.15) is 217 Å². The molecule has 6 fully saturated rings. The van der Waals surface area contributed by atoms with E-state index in [9.17, 15) is 24.0 Å². The van der Waals surface area contributed by atoms with E-state index in [1.165, 1.54) is 38.1 Å². The van der Waals surface area contributed by atoms with Gasteiger partial charge in [0, 0.05) is 24.4 Å². The van der Waals surface area contributed by atoms with Crippen molar-refractivity contribution in [2.75, 3.05) is 0 Å². The van der Waals surface area contributed by atoms with Crippen molar-refractivity contribution < 1.29 is 55.9 Å². The molecule has 0 saturated carbocycles. The third-order valence-corrected chi connectivity index (χ3v) is 46.0. The van der Waals surface area contributed by atoms with Crippen molar-refractivity contribution in [3.05, 3.63) is 98.3 Å². The molecule has 15 atom stereocenters. The van der Waals surface area contributed by atoms with Crippen molar-refractivity contribution in [3.8, 4) is 35.1 Å². The number of aromatic amines is 3. The number of rotatable bonds is 24. The van der Waals surface area contributed by atoms with Gasteiger partial charge in [-0.25, -0.2) is 14.4 Å². The van der Waals surface area contributed by atoms with Crippen LogP contribution in [0.2, 0.25) is 68.0 Å². The number of nitrogens with one attached hydrogen (secondary N) is 3. The normalized spacial score (nSPS) is 27.6. The first kappa shape index (κ1) is 82.2. The zero-order valence-electron chi connectivity index (χ0n) is 66.0. The van der Waals surface area contributed by atoms with Crippen LogP contribution in [-0.4, -0.2) is 152 Å². The van der Waals surface area contributed by atoms with E-state index in [-0.39, 0.29) is 61.3 Å². The predicted molar refractivity (Wildman–Crippen MR) is 404 cm³/mol. The van der Waals surface area contributed by atoms with Crippen molar-refractivity contribution >= 4 is 33.0 Å². The summed E-state index contributed by atoms with van der Waals surface area (Å²) in [4.78, 5) is 91.0. The molecule has 9 heterocycles. The molecule has 103 heavy (non-hydrogen) atoms. The predicted octanol–water partition coefficient (Wildman–Crippen LogP) is 11.3. The van der Waals surface area contributed by atoms with Gasteiger partial charge in [0.25, 0.3) is 16.7 Å². The van der Waals surface area contributed by atoms with Crippen molar-refractivity contribution in [1.82, 2.24) is 28.7 Å². The fourth-order valence-corrected chi connectivity index (χ4v) is 37.3. The number of H-pyrrole nitrogens is 3. The highest BCUT2D eigenvalue weighted by atomic mass is 28.4. The minimum Gasteiger partial charge on any atom is -0.400 e. The lowest BCUT2D eigenvalue weighted by atomic mass is 10.1. The molecule has 3 N–H and O–H groups in total. The van der Waals surface area contributed by atoms with Crippen LogP contribution in [0, 0.1) is 35.1 Å². The molecular formula is C75H118N6O18Si4. The van der Waals surface area contributed by atoms with E-state index in [4.69, 9.17) is 55.9 Å². The van der Waals surface area contributed by atoms with Crippen molar-refractivity contribution in [2.45, 2.75) is 364 Å². The van der Waals surface area contributed by atoms with E-state index in [1.54, 1.807) is 27.7 Å². The van der Waals surface area contributed by atoms with E-state index in [0.29, 0.717) is 0 Å². The average Bonchev–Trinajstić information content (AvgIpc) is 1.60. The van der Waals surface area contributed by atoms with Crippen LogP contribution in [0.3, 0.4) is 0 Å². The van der Waals surface area contributed by atoms with Gasteiger partial charge in [0.15, 0.2) is 36.0 Å². The van der Waals surface area contributed by atoms with E-state index in [1.807, 2.05) is 13.8 Å². The summed E-state index contributed by atoms with van der Waals surface area (Å²) in [5.41, 5.74) is -0.0822. The second-order valence-corrected chi connectivity index (χ2v) is 54.4. The second kappa shape index (κ2) is 31.0. The molecule has 6 aliphatic rings. The van der Waals surface area contributed by atoms with Gasteiger partial charge < -0.3 is 55.9 Å². The zero-order chi connectivity index (χ0) is 76.5. The average molecular weight is 1500 g/mol. The van der Waals surface area contributed by atoms with E-state index >= 15 is 4.79 Å². The fraction of sp³-hybridized carbons (Fsp3) is 0.760. The minimum atomic E-state index is -3.04. The Kier molecular flexibility index (Phi) is 24.7. The number of nitrogens with zero attached hydrogens (tertiary/aromatic N) is 3. The summed E-state index contributed by atoms with van der Waals surface area (Å²) in [6.07, 6.45) is -14.1. The lowest BCUT2D eigenvalue weighted by Crippen LogP contribution is -2.54. The third-order valence-electron chi connectivity index (χ3n) is 23.0. The van der Waals surface area contributed by atoms with Gasteiger partial charge in [-0.3, -0.25) is 43.0 Å². The molecular weight excluding hydrogens is 1390 g/mol. The van der Waals surface area contributed by atoms with Gasteiger partial charge in [0.2, 0.25) is 25.0 Å². The molecule has 9 rings (SSSR count). The smallest absolute Gasteiger partial charge is 0.331 e. The van der Waals surface area contributed by atoms with Gasteiger partial charge in [-0.2, -0.15) is 0 Å². The molecule has 3 aromatic heterocycles. The highest BCUT2D eigenvalue weighted by Crippen LogP contribution is 2.52. The minimum absolute atomic E-state index is 0.00703. The summed E-state index contributed by atoms with van der Waals surface area (Å²) >= 11 is 0. The van der Waals surface area contributed by atoms with Crippen molar-refractivity contribution in [3.63, 3.8) is 0 Å². The molecule has 6 aliphatic heterocycles. The Morgan fingerprint density at radius 1 is 0.408 bits per heavy atom. The van der Waals surface area contributed by atoms with Gasteiger partial charge in [-0.05, 0) is 121 Å². The highest BCUT2D eigenvalue weighted by molar-refractivity contribution is 6.87. The summed E-state index contributed by atoms with van der Waals surface area (Å²) in [6.45, 7) is 56.3. The lowest BCUT2D eigenvalue weighted by molar-refractivity contribution is -0.204. The van der Waals surface area contributed by atoms with Gasteiger partial charge >= 0.3 is 17.1 Å². The molecule has 0 radical (unpaired) electrons. The van der Waals surface area contributed by atoms with E-state index in [0.717, 1.165) is 18.1 Å². The number of hydrogen-bond acceptors (Lipinski definition) is 18. The van der Waals surface area contributed by atoms with Gasteiger partial charge in [0.1, 0.15) is 92.7 Å². The van der Waals surface area contributed by atoms with E-state index in [2.05, 4.69) is 195 Å². The SMILES string of the molecule is CC[Si](C#CC(O[Si](C(C)C)(C(C)C)C(C)C)C1OC(n2c(C#CC(O[Si](C(C)C)(C(C)C)C(C)C)C3OC(n4c(C#CC(O[Si](C(C)C)(C(C)C)C(C)C)C5OC(n6ccc(=O)[nH]c6=O)C6OC(C)(C)OC56)cc(=O)[nH]c4=O)C4OC(C)(C)OC34)cc(=O)[nH]c2=O)C2OC(C)(C)OC12)(CC)CC. The molecule has 15 unspecified atom stereocenters. The largest absolute Gasteiger partial charge is 0.400 e. The maximum atomic E-state index is 15.0. The molecule has 0 spiro atoms. The van der Waals surface area contributed by atoms with Crippen molar-refractivity contribution in [1.29, 1.82) is 0 Å². The van der Waals surface area contributed by atoms with Crippen LogP contribution < -0.4 is 33.7 Å². The Morgan fingerprint density at radius 2 is 0.689 bits per heavy atom. The molecule has 6 saturated heterocycles. The molecule has 0 aliphatic carbocycles. The number of aromatic nitrogens is 6. The molecule has 3 aromatic rings. The van der Waals surface area contributed by atoms with Gasteiger partial charge in [-0.1, -0.05) is 163 Å². The monoisotopic (exact) mass is 1500 g/mol. The number of fused-ring (bicyclic) bond motifs is 3. The molecule has 0 aromatic carbocycles. The van der Waals surface area contributed by atoms with Crippen LogP contribution in [0.5, 0.6) is 0 Å². The summed E-state index contributed by atoms with van der Waals surface area (Å²) in [5.74, 6) is 13.4. The maximum Gasteiger partial charge on any atom is 0.331 e. The Bertz CT molecular complexity index is 4040. The maximum absolute atomic E-state index is 15.0. The van der Waals surface area contributed by atoms with E-state index < -0.39 is 176 Å². The van der Waals surface area contributed by atoms with Crippen LogP contribution >= 0.6 is 0 Å². The fourth-order valence-electron chi connectivity index (χ4n) is 18.5. The molecule has 0 amide bonds. The molecule has 572 valence electrons. The third kappa shape index (κ3) is 15.8. The standard InChI is InChI=1S/C75H118N6O18Si4/c1-28-100(29-2,30-3)38-36-54(99-103(47(16)17,48(18)19)49(20)21)60-63-66(96-75(26,27)93-63)69(90-60)81-51(40-57(84)78-72(81)87)32-34-53(98-102(44(10)11,45(12)13)46(14)15)59-62-65(95-74(24,25)92-62)68(89-59)80-50(39-56(83)77-71(80)86)31-33-52(97-101(41(4)5,42(6)7)43(8)9)58-61-64(94-73(22,23)91-61)67(88-58)79-37-35-55(82)76-70(79)85/h35,37,39-49,52-54,58-69H,28-30H2,1-27H3,(H,76,82,85)(H,77,83,86)(H,78,84,87). The first-order valence-electron chi connectivity index (χ1n) is 37.6.